The van der Waals surface area contributed by atoms with E-state index >= 15 is 0 Å². The lowest BCUT2D eigenvalue weighted by Gasteiger charge is -2.02. The molecule has 0 aliphatic rings. The minimum absolute atomic E-state index is 0.115. The summed E-state index contributed by atoms with van der Waals surface area (Å²) in [5.41, 5.74) is 0.769. The molecule has 0 spiro atoms. The number of H-pyrrole nitrogens is 1. The van der Waals surface area contributed by atoms with Gasteiger partial charge in [-0.2, -0.15) is 5.10 Å². The van der Waals surface area contributed by atoms with Gasteiger partial charge in [0.25, 0.3) is 10.0 Å². The van der Waals surface area contributed by atoms with Crippen molar-refractivity contribution >= 4 is 37.7 Å². The Balaban J connectivity index is 2.31. The molecule has 0 atom stereocenters. The van der Waals surface area contributed by atoms with Gasteiger partial charge in [0.15, 0.2) is 10.5 Å². The Morgan fingerprint density at radius 1 is 1.48 bits per heavy atom. The molecule has 10 heteroatoms. The van der Waals surface area contributed by atoms with E-state index in [0.29, 0.717) is 0 Å². The summed E-state index contributed by atoms with van der Waals surface area (Å²) in [6.45, 7) is 3.86. The fraction of sp³-hybridized carbons (Fsp3) is 0.273. The van der Waals surface area contributed by atoms with Gasteiger partial charge in [0, 0.05) is 17.8 Å². The van der Waals surface area contributed by atoms with Crippen LogP contribution in [0.4, 0.5) is 5.82 Å². The zero-order valence-corrected chi connectivity index (χ0v) is 13.4. The summed E-state index contributed by atoms with van der Waals surface area (Å²) in [6.07, 6.45) is 0. The summed E-state index contributed by atoms with van der Waals surface area (Å²) in [5.74, 6) is -1.56. The van der Waals surface area contributed by atoms with Crippen LogP contribution in [0.3, 0.4) is 0 Å². The molecule has 0 unspecified atom stereocenters. The quantitative estimate of drug-likeness (QED) is 0.734. The predicted octanol–water partition coefficient (Wildman–Crippen LogP) is 2.39. The normalized spacial score (nSPS) is 11.8. The van der Waals surface area contributed by atoms with Crippen LogP contribution in [-0.2, 0) is 10.0 Å². The third-order valence-corrected chi connectivity index (χ3v) is 4.83. The highest BCUT2D eigenvalue weighted by atomic mass is 79.9. The minimum atomic E-state index is -4.01. The maximum Gasteiger partial charge on any atom is 0.371 e. The van der Waals surface area contributed by atoms with Crippen LogP contribution in [0, 0.1) is 0 Å². The van der Waals surface area contributed by atoms with Crippen LogP contribution in [0.25, 0.3) is 0 Å². The molecule has 0 radical (unpaired) electrons. The average Bonchev–Trinajstić information content (AvgIpc) is 2.95. The Hall–Kier alpha value is -1.81. The van der Waals surface area contributed by atoms with Gasteiger partial charge in [-0.25, -0.2) is 13.2 Å². The number of aromatic carboxylic acids is 1. The van der Waals surface area contributed by atoms with Crippen molar-refractivity contribution in [2.24, 2.45) is 0 Å². The number of halogens is 1. The number of nitrogens with one attached hydrogen (secondary N) is 2. The van der Waals surface area contributed by atoms with Crippen LogP contribution in [0.1, 0.15) is 36.0 Å². The Morgan fingerprint density at radius 2 is 2.14 bits per heavy atom. The van der Waals surface area contributed by atoms with E-state index < -0.39 is 21.8 Å². The molecule has 2 aromatic rings. The van der Waals surface area contributed by atoms with Crippen LogP contribution in [0.2, 0.25) is 0 Å². The fourth-order valence-electron chi connectivity index (χ4n) is 1.52. The second-order valence-electron chi connectivity index (χ2n) is 4.52. The van der Waals surface area contributed by atoms with Crippen molar-refractivity contribution in [1.29, 1.82) is 0 Å². The van der Waals surface area contributed by atoms with E-state index in [9.17, 15) is 13.2 Å². The summed E-state index contributed by atoms with van der Waals surface area (Å²) in [6, 6.07) is 2.49. The molecular formula is C11H12BrN3O5S. The summed E-state index contributed by atoms with van der Waals surface area (Å²) in [5, 5.41) is 15.3. The van der Waals surface area contributed by atoms with E-state index in [2.05, 4.69) is 30.8 Å². The van der Waals surface area contributed by atoms with Gasteiger partial charge in [0.2, 0.25) is 5.76 Å². The molecule has 2 heterocycles. The molecule has 0 aliphatic carbocycles. The SMILES string of the molecule is CC(C)c1cc(NS(=O)(=O)c2cc(C(=O)O)oc2Br)n[nH]1. The number of sulfonamides is 1. The Bertz CT molecular complexity index is 778. The number of carbonyl (C=O) groups is 1. The minimum Gasteiger partial charge on any atom is -0.475 e. The van der Waals surface area contributed by atoms with Gasteiger partial charge < -0.3 is 9.52 Å². The molecule has 21 heavy (non-hydrogen) atoms. The molecule has 0 bridgehead atoms. The lowest BCUT2D eigenvalue weighted by atomic mass is 10.1. The number of carboxylic acid groups (broad SMARTS) is 1. The van der Waals surface area contributed by atoms with Crippen molar-refractivity contribution in [1.82, 2.24) is 10.2 Å². The van der Waals surface area contributed by atoms with Gasteiger partial charge in [-0.1, -0.05) is 13.8 Å². The highest BCUT2D eigenvalue weighted by molar-refractivity contribution is 9.10. The van der Waals surface area contributed by atoms with Crippen molar-refractivity contribution < 1.29 is 22.7 Å². The third kappa shape index (κ3) is 3.27. The van der Waals surface area contributed by atoms with E-state index in [1.54, 1.807) is 6.07 Å². The average molecular weight is 378 g/mol. The number of aromatic amines is 1. The zero-order valence-electron chi connectivity index (χ0n) is 11.0. The van der Waals surface area contributed by atoms with Gasteiger partial charge >= 0.3 is 5.97 Å². The number of hydrogen-bond donors (Lipinski definition) is 3. The lowest BCUT2D eigenvalue weighted by Crippen LogP contribution is -2.13. The van der Waals surface area contributed by atoms with Crippen LogP contribution in [0.15, 0.2) is 26.1 Å². The number of aromatic nitrogens is 2. The van der Waals surface area contributed by atoms with Gasteiger partial charge in [0.1, 0.15) is 4.90 Å². The number of nitrogens with zero attached hydrogens (tertiary/aromatic N) is 1. The van der Waals surface area contributed by atoms with Crippen molar-refractivity contribution in [2.75, 3.05) is 4.72 Å². The second-order valence-corrected chi connectivity index (χ2v) is 6.89. The van der Waals surface area contributed by atoms with Crippen molar-refractivity contribution in [3.05, 3.63) is 28.3 Å². The molecular weight excluding hydrogens is 366 g/mol. The fourth-order valence-corrected chi connectivity index (χ4v) is 3.45. The molecule has 0 saturated heterocycles. The van der Waals surface area contributed by atoms with Gasteiger partial charge in [0.05, 0.1) is 0 Å². The van der Waals surface area contributed by atoms with E-state index in [0.717, 1.165) is 11.8 Å². The third-order valence-electron chi connectivity index (χ3n) is 2.61. The molecule has 2 aromatic heterocycles. The highest BCUT2D eigenvalue weighted by Crippen LogP contribution is 2.28. The smallest absolute Gasteiger partial charge is 0.371 e. The molecule has 0 aromatic carbocycles. The van der Waals surface area contributed by atoms with Crippen molar-refractivity contribution in [2.45, 2.75) is 24.7 Å². The van der Waals surface area contributed by atoms with Gasteiger partial charge in [-0.05, 0) is 21.8 Å². The van der Waals surface area contributed by atoms with E-state index in [-0.39, 0.29) is 21.3 Å². The molecule has 3 N–H and O–H groups in total. The Labute approximate surface area is 128 Å². The van der Waals surface area contributed by atoms with E-state index in [1.807, 2.05) is 13.8 Å². The summed E-state index contributed by atoms with van der Waals surface area (Å²) >= 11 is 2.89. The lowest BCUT2D eigenvalue weighted by molar-refractivity contribution is 0.0661. The number of carboxylic acids is 1. The predicted molar refractivity (Wildman–Crippen MR) is 76.9 cm³/mol. The molecule has 0 amide bonds. The molecule has 2 rings (SSSR count). The van der Waals surface area contributed by atoms with Crippen LogP contribution < -0.4 is 4.72 Å². The zero-order chi connectivity index (χ0) is 15.8. The summed E-state index contributed by atoms with van der Waals surface area (Å²) in [7, 11) is -4.01. The first-order valence-electron chi connectivity index (χ1n) is 5.81. The first-order valence-corrected chi connectivity index (χ1v) is 8.09. The molecule has 0 saturated carbocycles. The first-order chi connectivity index (χ1) is 9.70. The van der Waals surface area contributed by atoms with Crippen LogP contribution in [0.5, 0.6) is 0 Å². The summed E-state index contributed by atoms with van der Waals surface area (Å²) < 4.78 is 31.3. The number of hydrogen-bond acceptors (Lipinski definition) is 5. The molecule has 8 nitrogen and oxygen atoms in total. The van der Waals surface area contributed by atoms with Crippen molar-refractivity contribution in [3.8, 4) is 0 Å². The van der Waals surface area contributed by atoms with Crippen LogP contribution in [-0.4, -0.2) is 29.7 Å². The maximum absolute atomic E-state index is 12.2. The van der Waals surface area contributed by atoms with E-state index in [4.69, 9.17) is 9.52 Å². The second kappa shape index (κ2) is 5.53. The summed E-state index contributed by atoms with van der Waals surface area (Å²) in [4.78, 5) is 10.5. The monoisotopic (exact) mass is 377 g/mol. The Kier molecular flexibility index (Phi) is 4.10. The molecule has 114 valence electrons. The highest BCUT2D eigenvalue weighted by Gasteiger charge is 2.25. The van der Waals surface area contributed by atoms with Gasteiger partial charge in [-0.3, -0.25) is 9.82 Å². The van der Waals surface area contributed by atoms with E-state index in [1.165, 1.54) is 0 Å². The number of furan rings is 1. The largest absolute Gasteiger partial charge is 0.475 e. The molecule has 0 fully saturated rings. The number of rotatable bonds is 5. The van der Waals surface area contributed by atoms with Gasteiger partial charge in [-0.15, -0.1) is 0 Å². The molecule has 0 aliphatic heterocycles. The Morgan fingerprint density at radius 3 is 2.62 bits per heavy atom. The number of anilines is 1. The standard InChI is InChI=1S/C11H12BrN3O5S/c1-5(2)6-3-9(14-13-6)15-21(18,19)8-4-7(11(16)17)20-10(8)12/h3-5H,1-2H3,(H,16,17)(H2,13,14,15). The van der Waals surface area contributed by atoms with Crippen LogP contribution >= 0.6 is 15.9 Å². The topological polar surface area (TPSA) is 125 Å². The maximum atomic E-state index is 12.2. The van der Waals surface area contributed by atoms with Crippen molar-refractivity contribution in [3.63, 3.8) is 0 Å². The first kappa shape index (κ1) is 15.6.